The van der Waals surface area contributed by atoms with Gasteiger partial charge in [-0.05, 0) is 63.3 Å². The maximum absolute atomic E-state index is 5.77. The average molecular weight is 233 g/mol. The van der Waals surface area contributed by atoms with Gasteiger partial charge in [-0.25, -0.2) is 0 Å². The maximum atomic E-state index is 5.77. The number of ether oxygens (including phenoxy) is 1. The van der Waals surface area contributed by atoms with Crippen molar-refractivity contribution >= 4 is 0 Å². The molecule has 2 rings (SSSR count). The lowest BCUT2D eigenvalue weighted by Gasteiger charge is -2.24. The predicted molar refractivity (Wildman–Crippen MR) is 71.8 cm³/mol. The Hall–Kier alpha value is -1.02. The van der Waals surface area contributed by atoms with Crippen LogP contribution in [0.5, 0.6) is 5.75 Å². The third-order valence-electron chi connectivity index (χ3n) is 3.33. The van der Waals surface area contributed by atoms with E-state index < -0.39 is 0 Å². The zero-order chi connectivity index (χ0) is 12.3. The number of nitrogens with one attached hydrogen (secondary N) is 1. The van der Waals surface area contributed by atoms with E-state index in [0.29, 0.717) is 5.92 Å². The molecule has 1 aromatic rings. The Morgan fingerprint density at radius 3 is 2.76 bits per heavy atom. The van der Waals surface area contributed by atoms with Crippen molar-refractivity contribution in [2.75, 3.05) is 13.1 Å². The number of hydrogen-bond donors (Lipinski definition) is 1. The average Bonchev–Trinajstić information content (AvgIpc) is 2.32. The lowest BCUT2D eigenvalue weighted by atomic mass is 9.91. The van der Waals surface area contributed by atoms with E-state index in [1.165, 1.54) is 30.5 Å². The van der Waals surface area contributed by atoms with Gasteiger partial charge < -0.3 is 10.1 Å². The van der Waals surface area contributed by atoms with Gasteiger partial charge in [0.15, 0.2) is 0 Å². The molecule has 2 nitrogen and oxygen atoms in total. The van der Waals surface area contributed by atoms with Crippen LogP contribution < -0.4 is 10.1 Å². The van der Waals surface area contributed by atoms with Gasteiger partial charge in [0.1, 0.15) is 5.75 Å². The quantitative estimate of drug-likeness (QED) is 0.865. The number of rotatable bonds is 3. The molecule has 2 heteroatoms. The molecular formula is C15H23NO. The van der Waals surface area contributed by atoms with Crippen LogP contribution in [0.2, 0.25) is 0 Å². The van der Waals surface area contributed by atoms with Crippen molar-refractivity contribution in [2.45, 2.75) is 45.6 Å². The third kappa shape index (κ3) is 3.22. The van der Waals surface area contributed by atoms with Gasteiger partial charge >= 0.3 is 0 Å². The minimum Gasteiger partial charge on any atom is -0.491 e. The van der Waals surface area contributed by atoms with Gasteiger partial charge in [-0.1, -0.05) is 12.1 Å². The molecule has 1 atom stereocenters. The number of hydrogen-bond acceptors (Lipinski definition) is 2. The molecule has 0 amide bonds. The summed E-state index contributed by atoms with van der Waals surface area (Å²) in [4.78, 5) is 0. The van der Waals surface area contributed by atoms with Gasteiger partial charge in [-0.3, -0.25) is 0 Å². The molecule has 0 radical (unpaired) electrons. The number of piperidine rings is 1. The van der Waals surface area contributed by atoms with E-state index in [4.69, 9.17) is 4.74 Å². The molecule has 0 aromatic heterocycles. The first-order valence-electron chi connectivity index (χ1n) is 6.64. The fourth-order valence-corrected chi connectivity index (χ4v) is 2.45. The molecule has 1 fully saturated rings. The highest BCUT2D eigenvalue weighted by molar-refractivity contribution is 5.38. The minimum atomic E-state index is 0.246. The Morgan fingerprint density at radius 2 is 2.18 bits per heavy atom. The van der Waals surface area contributed by atoms with Crippen molar-refractivity contribution in [1.29, 1.82) is 0 Å². The lowest BCUT2D eigenvalue weighted by Crippen LogP contribution is -2.28. The van der Waals surface area contributed by atoms with Crippen LogP contribution in [-0.4, -0.2) is 19.2 Å². The summed E-state index contributed by atoms with van der Waals surface area (Å²) in [6, 6.07) is 6.64. The molecule has 0 spiro atoms. The van der Waals surface area contributed by atoms with Crippen LogP contribution in [0.3, 0.4) is 0 Å². The highest BCUT2D eigenvalue weighted by Crippen LogP contribution is 2.28. The van der Waals surface area contributed by atoms with Gasteiger partial charge in [-0.15, -0.1) is 0 Å². The summed E-state index contributed by atoms with van der Waals surface area (Å²) in [6.07, 6.45) is 2.83. The summed E-state index contributed by atoms with van der Waals surface area (Å²) >= 11 is 0. The van der Waals surface area contributed by atoms with Crippen LogP contribution in [0.15, 0.2) is 18.2 Å². The standard InChI is InChI=1S/C15H23NO/c1-11(2)17-15-7-6-13(9-12(15)3)14-5-4-8-16-10-14/h6-7,9,11,14,16H,4-5,8,10H2,1-3H3. The SMILES string of the molecule is Cc1cc(C2CCCNC2)ccc1OC(C)C. The Morgan fingerprint density at radius 1 is 1.35 bits per heavy atom. The molecule has 1 aliphatic rings. The maximum Gasteiger partial charge on any atom is 0.122 e. The van der Waals surface area contributed by atoms with Crippen molar-refractivity contribution in [2.24, 2.45) is 0 Å². The van der Waals surface area contributed by atoms with Crippen LogP contribution in [0.1, 0.15) is 43.7 Å². The Balaban J connectivity index is 2.12. The van der Waals surface area contributed by atoms with Crippen LogP contribution in [-0.2, 0) is 0 Å². The van der Waals surface area contributed by atoms with E-state index in [1.807, 2.05) is 0 Å². The van der Waals surface area contributed by atoms with Crippen LogP contribution in [0.4, 0.5) is 0 Å². The highest BCUT2D eigenvalue weighted by atomic mass is 16.5. The topological polar surface area (TPSA) is 21.3 Å². The van der Waals surface area contributed by atoms with E-state index >= 15 is 0 Å². The Labute approximate surface area is 104 Å². The molecular weight excluding hydrogens is 210 g/mol. The largest absolute Gasteiger partial charge is 0.491 e. The van der Waals surface area contributed by atoms with Crippen molar-refractivity contribution in [1.82, 2.24) is 5.32 Å². The van der Waals surface area contributed by atoms with Crippen molar-refractivity contribution in [3.63, 3.8) is 0 Å². The summed E-state index contributed by atoms with van der Waals surface area (Å²) < 4.78 is 5.77. The van der Waals surface area contributed by atoms with E-state index in [2.05, 4.69) is 44.3 Å². The predicted octanol–water partition coefficient (Wildman–Crippen LogP) is 3.25. The molecule has 1 aromatic carbocycles. The smallest absolute Gasteiger partial charge is 0.122 e. The summed E-state index contributed by atoms with van der Waals surface area (Å²) in [5, 5.41) is 3.47. The van der Waals surface area contributed by atoms with Gasteiger partial charge in [0.05, 0.1) is 6.10 Å². The van der Waals surface area contributed by atoms with E-state index in [0.717, 1.165) is 12.3 Å². The Kier molecular flexibility index (Phi) is 4.06. The molecule has 0 saturated carbocycles. The molecule has 0 aliphatic carbocycles. The first-order chi connectivity index (χ1) is 8.16. The summed E-state index contributed by atoms with van der Waals surface area (Å²) in [5.41, 5.74) is 2.70. The normalized spacial score (nSPS) is 20.6. The number of aryl methyl sites for hydroxylation is 1. The molecule has 94 valence electrons. The molecule has 1 heterocycles. The summed E-state index contributed by atoms with van der Waals surface area (Å²) in [5.74, 6) is 1.70. The van der Waals surface area contributed by atoms with E-state index in [-0.39, 0.29) is 6.10 Å². The lowest BCUT2D eigenvalue weighted by molar-refractivity contribution is 0.240. The fourth-order valence-electron chi connectivity index (χ4n) is 2.45. The zero-order valence-corrected chi connectivity index (χ0v) is 11.1. The van der Waals surface area contributed by atoms with Crippen LogP contribution in [0.25, 0.3) is 0 Å². The van der Waals surface area contributed by atoms with Crippen molar-refractivity contribution in [3.8, 4) is 5.75 Å². The second-order valence-corrected chi connectivity index (χ2v) is 5.23. The van der Waals surface area contributed by atoms with E-state index in [9.17, 15) is 0 Å². The molecule has 0 bridgehead atoms. The molecule has 1 N–H and O–H groups in total. The van der Waals surface area contributed by atoms with Gasteiger partial charge in [0.25, 0.3) is 0 Å². The summed E-state index contributed by atoms with van der Waals surface area (Å²) in [7, 11) is 0. The minimum absolute atomic E-state index is 0.246. The molecule has 17 heavy (non-hydrogen) atoms. The second-order valence-electron chi connectivity index (χ2n) is 5.23. The molecule has 1 unspecified atom stereocenters. The molecule has 1 aliphatic heterocycles. The first kappa shape index (κ1) is 12.4. The third-order valence-corrected chi connectivity index (χ3v) is 3.33. The van der Waals surface area contributed by atoms with Gasteiger partial charge in [-0.2, -0.15) is 0 Å². The monoisotopic (exact) mass is 233 g/mol. The van der Waals surface area contributed by atoms with Crippen molar-refractivity contribution < 1.29 is 4.74 Å². The summed E-state index contributed by atoms with van der Waals surface area (Å²) in [6.45, 7) is 8.56. The Bertz CT molecular complexity index is 367. The van der Waals surface area contributed by atoms with Crippen molar-refractivity contribution in [3.05, 3.63) is 29.3 Å². The number of benzene rings is 1. The highest BCUT2D eigenvalue weighted by Gasteiger charge is 2.15. The first-order valence-corrected chi connectivity index (χ1v) is 6.64. The zero-order valence-electron chi connectivity index (χ0n) is 11.1. The van der Waals surface area contributed by atoms with Crippen LogP contribution >= 0.6 is 0 Å². The van der Waals surface area contributed by atoms with Crippen LogP contribution in [0, 0.1) is 6.92 Å². The fraction of sp³-hybridized carbons (Fsp3) is 0.600. The second kappa shape index (κ2) is 5.54. The van der Waals surface area contributed by atoms with Gasteiger partial charge in [0.2, 0.25) is 0 Å². The van der Waals surface area contributed by atoms with E-state index in [1.54, 1.807) is 0 Å². The molecule has 1 saturated heterocycles. The van der Waals surface area contributed by atoms with Gasteiger partial charge in [0, 0.05) is 6.54 Å².